The van der Waals surface area contributed by atoms with Crippen LogP contribution < -0.4 is 21.9 Å². The third kappa shape index (κ3) is 7.08. The number of nitrogen functional groups attached to an aromatic ring is 1. The van der Waals surface area contributed by atoms with Gasteiger partial charge in [-0.3, -0.25) is 14.6 Å². The van der Waals surface area contributed by atoms with Crippen LogP contribution in [0.5, 0.6) is 0 Å². The van der Waals surface area contributed by atoms with Crippen LogP contribution in [0.4, 0.5) is 17.5 Å². The van der Waals surface area contributed by atoms with Crippen molar-refractivity contribution in [2.24, 2.45) is 4.99 Å². The molecule has 1 heterocycles. The summed E-state index contributed by atoms with van der Waals surface area (Å²) in [4.78, 5) is 35.2. The molecule has 8 heteroatoms. The zero-order valence-corrected chi connectivity index (χ0v) is 19.6. The number of hydrogen-bond donors (Lipinski definition) is 4. The van der Waals surface area contributed by atoms with Gasteiger partial charge in [-0.25, -0.2) is 4.99 Å². The van der Waals surface area contributed by atoms with E-state index in [1.54, 1.807) is 13.1 Å². The van der Waals surface area contributed by atoms with Crippen molar-refractivity contribution in [2.45, 2.75) is 59.9 Å². The van der Waals surface area contributed by atoms with Crippen molar-refractivity contribution in [1.82, 2.24) is 15.3 Å². The number of aliphatic imine (C=N–C) groups is 1. The van der Waals surface area contributed by atoms with Crippen molar-refractivity contribution in [2.75, 3.05) is 17.6 Å². The number of aromatic nitrogens is 2. The lowest BCUT2D eigenvalue weighted by Crippen LogP contribution is -2.32. The number of carbonyl (C=O) groups excluding carboxylic acids is 1. The Kier molecular flexibility index (Phi) is 9.19. The fourth-order valence-corrected chi connectivity index (χ4v) is 3.09. The SMILES string of the molecule is CCCC(C)NC(=O)c1ccc(NCC(C=Nc2nc(N)[nH]c(=O)c2C)=C(C)CC)cc1. The predicted molar refractivity (Wildman–Crippen MR) is 132 cm³/mol. The van der Waals surface area contributed by atoms with Crippen molar-refractivity contribution >= 4 is 29.6 Å². The largest absolute Gasteiger partial charge is 0.381 e. The molecule has 172 valence electrons. The summed E-state index contributed by atoms with van der Waals surface area (Å²) >= 11 is 0. The molecule has 1 aromatic heterocycles. The van der Waals surface area contributed by atoms with Crippen LogP contribution in [-0.2, 0) is 0 Å². The van der Waals surface area contributed by atoms with Crippen molar-refractivity contribution < 1.29 is 4.79 Å². The molecule has 0 spiro atoms. The molecule has 0 radical (unpaired) electrons. The molecule has 0 bridgehead atoms. The van der Waals surface area contributed by atoms with Crippen LogP contribution in [0.1, 0.15) is 62.9 Å². The van der Waals surface area contributed by atoms with Crippen LogP contribution in [0.2, 0.25) is 0 Å². The molecule has 0 saturated heterocycles. The maximum Gasteiger partial charge on any atom is 0.257 e. The Hall–Kier alpha value is -3.42. The molecule has 1 aromatic carbocycles. The summed E-state index contributed by atoms with van der Waals surface area (Å²) in [7, 11) is 0. The van der Waals surface area contributed by atoms with Gasteiger partial charge in [-0.05, 0) is 63.5 Å². The highest BCUT2D eigenvalue weighted by atomic mass is 16.1. The third-order valence-electron chi connectivity index (χ3n) is 5.29. The third-order valence-corrected chi connectivity index (χ3v) is 5.29. The van der Waals surface area contributed by atoms with Crippen molar-refractivity contribution in [3.8, 4) is 0 Å². The molecule has 0 aliphatic carbocycles. The van der Waals surface area contributed by atoms with Crippen LogP contribution in [0.15, 0.2) is 45.2 Å². The number of hydrogen-bond acceptors (Lipinski definition) is 6. The van der Waals surface area contributed by atoms with Crippen LogP contribution in [0.25, 0.3) is 0 Å². The highest BCUT2D eigenvalue weighted by Crippen LogP contribution is 2.15. The summed E-state index contributed by atoms with van der Waals surface area (Å²) < 4.78 is 0. The minimum atomic E-state index is -0.297. The number of nitrogens with two attached hydrogens (primary N) is 1. The molecule has 5 N–H and O–H groups in total. The lowest BCUT2D eigenvalue weighted by molar-refractivity contribution is 0.0938. The number of nitrogens with zero attached hydrogens (tertiary/aromatic N) is 2. The van der Waals surface area contributed by atoms with Gasteiger partial charge in [-0.15, -0.1) is 0 Å². The lowest BCUT2D eigenvalue weighted by Gasteiger charge is -2.13. The zero-order chi connectivity index (χ0) is 23.7. The Morgan fingerprint density at radius 1 is 1.28 bits per heavy atom. The number of H-pyrrole nitrogens is 1. The molecule has 0 aliphatic rings. The summed E-state index contributed by atoms with van der Waals surface area (Å²) in [6.45, 7) is 10.4. The normalized spacial score (nSPS) is 13.0. The van der Waals surface area contributed by atoms with E-state index in [4.69, 9.17) is 5.73 Å². The highest BCUT2D eigenvalue weighted by molar-refractivity contribution is 5.94. The maximum atomic E-state index is 12.3. The first-order chi connectivity index (χ1) is 15.2. The fraction of sp³-hybridized carbons (Fsp3) is 0.417. The minimum absolute atomic E-state index is 0.0387. The van der Waals surface area contributed by atoms with E-state index in [1.165, 1.54) is 0 Å². The standard InChI is InChI=1S/C24H34N6O2/c1-6-8-16(4)28-23(32)18-9-11-20(12-10-18)26-13-19(15(3)7-2)14-27-21-17(5)22(31)30-24(25)29-21/h9-12,14,16,26H,6-8,13H2,1-5H3,(H,28,32)(H3,25,29,30,31). The number of rotatable bonds is 10. The Morgan fingerprint density at radius 3 is 2.59 bits per heavy atom. The molecule has 1 amide bonds. The van der Waals surface area contributed by atoms with Gasteiger partial charge in [0.1, 0.15) is 0 Å². The zero-order valence-electron chi connectivity index (χ0n) is 19.6. The Balaban J connectivity index is 2.09. The number of nitrogens with one attached hydrogen (secondary N) is 3. The van der Waals surface area contributed by atoms with E-state index in [0.717, 1.165) is 36.1 Å². The van der Waals surface area contributed by atoms with E-state index in [1.807, 2.05) is 38.1 Å². The predicted octanol–water partition coefficient (Wildman–Crippen LogP) is 4.12. The highest BCUT2D eigenvalue weighted by Gasteiger charge is 2.09. The molecule has 8 nitrogen and oxygen atoms in total. The van der Waals surface area contributed by atoms with E-state index in [0.29, 0.717) is 23.5 Å². The topological polar surface area (TPSA) is 125 Å². The Bertz CT molecular complexity index is 1040. The second-order valence-electron chi connectivity index (χ2n) is 7.91. The number of aromatic amines is 1. The van der Waals surface area contributed by atoms with Crippen LogP contribution in [0.3, 0.4) is 0 Å². The molecule has 0 saturated carbocycles. The van der Waals surface area contributed by atoms with Gasteiger partial charge in [0.15, 0.2) is 5.82 Å². The maximum absolute atomic E-state index is 12.3. The van der Waals surface area contributed by atoms with E-state index >= 15 is 0 Å². The number of benzene rings is 1. The van der Waals surface area contributed by atoms with E-state index in [9.17, 15) is 9.59 Å². The molecule has 1 unspecified atom stereocenters. The van der Waals surface area contributed by atoms with Gasteiger partial charge in [0, 0.05) is 30.1 Å². The molecular weight excluding hydrogens is 404 g/mol. The molecule has 0 aliphatic heterocycles. The molecule has 2 aromatic rings. The fourth-order valence-electron chi connectivity index (χ4n) is 3.09. The average molecular weight is 439 g/mol. The minimum Gasteiger partial charge on any atom is -0.381 e. The lowest BCUT2D eigenvalue weighted by atomic mass is 10.1. The smallest absolute Gasteiger partial charge is 0.257 e. The molecule has 32 heavy (non-hydrogen) atoms. The van der Waals surface area contributed by atoms with Gasteiger partial charge in [-0.1, -0.05) is 25.8 Å². The molecule has 0 fully saturated rings. The summed E-state index contributed by atoms with van der Waals surface area (Å²) in [6.07, 6.45) is 4.57. The quantitative estimate of drug-likeness (QED) is 0.415. The summed E-state index contributed by atoms with van der Waals surface area (Å²) in [5, 5.41) is 6.38. The summed E-state index contributed by atoms with van der Waals surface area (Å²) in [5.41, 5.74) is 9.44. The summed E-state index contributed by atoms with van der Waals surface area (Å²) in [5.74, 6) is 0.282. The Morgan fingerprint density at radius 2 is 1.97 bits per heavy atom. The molecular formula is C24H34N6O2. The second kappa shape index (κ2) is 11.8. The molecule has 2 rings (SSSR count). The van der Waals surface area contributed by atoms with Gasteiger partial charge < -0.3 is 16.4 Å². The van der Waals surface area contributed by atoms with Gasteiger partial charge in [0.25, 0.3) is 11.5 Å². The first-order valence-electron chi connectivity index (χ1n) is 11.0. The van der Waals surface area contributed by atoms with Crippen LogP contribution >= 0.6 is 0 Å². The monoisotopic (exact) mass is 438 g/mol. The summed E-state index contributed by atoms with van der Waals surface area (Å²) in [6, 6.07) is 7.56. The van der Waals surface area contributed by atoms with Gasteiger partial charge in [0.2, 0.25) is 5.95 Å². The van der Waals surface area contributed by atoms with E-state index in [2.05, 4.69) is 39.4 Å². The van der Waals surface area contributed by atoms with E-state index in [-0.39, 0.29) is 23.5 Å². The first kappa shape index (κ1) is 24.8. The van der Waals surface area contributed by atoms with Crippen LogP contribution in [0, 0.1) is 6.92 Å². The second-order valence-corrected chi connectivity index (χ2v) is 7.91. The van der Waals surface area contributed by atoms with Gasteiger partial charge in [0.05, 0.1) is 5.56 Å². The number of amides is 1. The van der Waals surface area contributed by atoms with Crippen LogP contribution in [-0.4, -0.2) is 34.7 Å². The van der Waals surface area contributed by atoms with E-state index < -0.39 is 0 Å². The number of allylic oxidation sites excluding steroid dienone is 1. The van der Waals surface area contributed by atoms with Gasteiger partial charge in [-0.2, -0.15) is 4.98 Å². The van der Waals surface area contributed by atoms with Gasteiger partial charge >= 0.3 is 0 Å². The number of carbonyl (C=O) groups is 1. The average Bonchev–Trinajstić information content (AvgIpc) is 2.76. The Labute approximate surface area is 189 Å². The molecule has 1 atom stereocenters. The first-order valence-corrected chi connectivity index (χ1v) is 11.0. The number of anilines is 2. The van der Waals surface area contributed by atoms with Crippen molar-refractivity contribution in [3.63, 3.8) is 0 Å². The van der Waals surface area contributed by atoms with Crippen molar-refractivity contribution in [1.29, 1.82) is 0 Å². The van der Waals surface area contributed by atoms with Crippen molar-refractivity contribution in [3.05, 3.63) is 56.9 Å².